The Morgan fingerprint density at radius 3 is 1.27 bits per heavy atom. The molecule has 2 N–H and O–H groups in total. The third kappa shape index (κ3) is 17.1. The summed E-state index contributed by atoms with van der Waals surface area (Å²) in [6, 6.07) is 58.7. The van der Waals surface area contributed by atoms with Crippen molar-refractivity contribution in [1.82, 2.24) is 20.0 Å². The fraction of sp³-hybridized carbons (Fsp3) is 0.305. The predicted octanol–water partition coefficient (Wildman–Crippen LogP) is 4.26. The average Bonchev–Trinajstić information content (AvgIpc) is 4.09. The van der Waals surface area contributed by atoms with Crippen LogP contribution < -0.4 is 34.9 Å². The summed E-state index contributed by atoms with van der Waals surface area (Å²) in [7, 11) is 5.85. The maximum Gasteiger partial charge on any atom is 1.00 e. The number of hydrogen-bond donors (Lipinski definition) is 2. The van der Waals surface area contributed by atoms with E-state index in [-0.39, 0.29) is 73.8 Å². The molecular formula is C59H66BN5NaO7. The second-order valence-electron chi connectivity index (χ2n) is 17.3. The first kappa shape index (κ1) is 60.9. The monoisotopic (exact) mass is 990 g/mol. The first-order valence-electron chi connectivity index (χ1n) is 23.9. The van der Waals surface area contributed by atoms with E-state index >= 15 is 0 Å². The van der Waals surface area contributed by atoms with Gasteiger partial charge < -0.3 is 46.4 Å². The van der Waals surface area contributed by atoms with Gasteiger partial charge in [-0.3, -0.25) is 9.59 Å². The molecule has 2 heterocycles. The Hall–Kier alpha value is -6.37. The van der Waals surface area contributed by atoms with E-state index in [1.807, 2.05) is 158 Å². The fourth-order valence-corrected chi connectivity index (χ4v) is 9.39. The van der Waals surface area contributed by atoms with E-state index in [1.165, 1.54) is 25.3 Å². The SMILES string of the molecule is CO.COC(=O)[C@@H]1C[C@H](N(C)CCc2ccccc2)CN1C(=O)C(c1ccccc1)c1ccccc1.COC(=O)[C@@H]1C[C@H](NCCc2ccccc2)CN1C(=O)C(c1ccccc1)c1ccccc1.[B].[C-]#N.[Na+]. The van der Waals surface area contributed by atoms with E-state index in [0.29, 0.717) is 25.9 Å². The number of carbonyl (C=O) groups excluding carboxylic acids is 4. The number of benzene rings is 6. The van der Waals surface area contributed by atoms with Crippen LogP contribution in [0.5, 0.6) is 0 Å². The number of esters is 2. The fourth-order valence-electron chi connectivity index (χ4n) is 9.39. The number of aliphatic hydroxyl groups is 1. The Labute approximate surface area is 456 Å². The maximum atomic E-state index is 14.0. The molecule has 2 aliphatic heterocycles. The molecule has 2 fully saturated rings. The number of carbonyl (C=O) groups is 4. The molecule has 3 radical (unpaired) electrons. The second-order valence-corrected chi connectivity index (χ2v) is 17.3. The Morgan fingerprint density at radius 1 is 0.575 bits per heavy atom. The minimum Gasteiger partial charge on any atom is -0.512 e. The van der Waals surface area contributed by atoms with Crippen molar-refractivity contribution in [3.8, 4) is 0 Å². The largest absolute Gasteiger partial charge is 1.00 e. The molecule has 12 nitrogen and oxygen atoms in total. The molecule has 0 bridgehead atoms. The number of ether oxygens (including phenoxy) is 2. The Balaban J connectivity index is 0.000000352. The predicted molar refractivity (Wildman–Crippen MR) is 281 cm³/mol. The molecule has 2 aliphatic rings. The number of nitrogens with one attached hydrogen (secondary N) is 1. The van der Waals surface area contributed by atoms with Crippen molar-refractivity contribution in [2.75, 3.05) is 54.6 Å². The van der Waals surface area contributed by atoms with Crippen molar-refractivity contribution in [2.45, 2.75) is 61.7 Å². The summed E-state index contributed by atoms with van der Waals surface area (Å²) in [5, 5.41) is 16.8. The maximum absolute atomic E-state index is 14.0. The number of methoxy groups -OCH3 is 2. The summed E-state index contributed by atoms with van der Waals surface area (Å²) in [4.78, 5) is 59.0. The number of likely N-dealkylation sites (N-methyl/N-ethyl adjacent to an activating group) is 1. The van der Waals surface area contributed by atoms with Gasteiger partial charge in [0.25, 0.3) is 0 Å². The zero-order chi connectivity index (χ0) is 51.0. The van der Waals surface area contributed by atoms with Gasteiger partial charge in [0.15, 0.2) is 0 Å². The average molecular weight is 991 g/mol. The van der Waals surface area contributed by atoms with E-state index in [2.05, 4.69) is 41.5 Å². The van der Waals surface area contributed by atoms with Crippen LogP contribution in [0.2, 0.25) is 0 Å². The molecule has 8 rings (SSSR count). The van der Waals surface area contributed by atoms with Crippen LogP contribution in [0, 0.1) is 11.8 Å². The number of aliphatic hydroxyl groups excluding tert-OH is 1. The minimum atomic E-state index is -0.591. The van der Waals surface area contributed by atoms with Gasteiger partial charge in [-0.05, 0) is 72.7 Å². The van der Waals surface area contributed by atoms with Crippen molar-refractivity contribution in [3.63, 3.8) is 0 Å². The Kier molecular flexibility index (Phi) is 27.3. The molecule has 6 aromatic carbocycles. The van der Waals surface area contributed by atoms with Crippen LogP contribution in [0.4, 0.5) is 0 Å². The van der Waals surface area contributed by atoms with Gasteiger partial charge in [-0.1, -0.05) is 182 Å². The smallest absolute Gasteiger partial charge is 0.512 e. The van der Waals surface area contributed by atoms with Gasteiger partial charge in [-0.25, -0.2) is 9.59 Å². The van der Waals surface area contributed by atoms with Crippen molar-refractivity contribution in [1.29, 1.82) is 5.26 Å². The molecule has 2 amide bonds. The molecule has 0 aromatic heterocycles. The van der Waals surface area contributed by atoms with E-state index in [4.69, 9.17) is 26.4 Å². The van der Waals surface area contributed by atoms with Crippen LogP contribution >= 0.6 is 0 Å². The van der Waals surface area contributed by atoms with Gasteiger partial charge >= 0.3 is 41.5 Å². The van der Waals surface area contributed by atoms with Crippen LogP contribution in [0.1, 0.15) is 58.1 Å². The zero-order valence-corrected chi connectivity index (χ0v) is 44.7. The van der Waals surface area contributed by atoms with Crippen molar-refractivity contribution in [2.24, 2.45) is 0 Å². The first-order chi connectivity index (χ1) is 34.7. The molecule has 0 spiro atoms. The second kappa shape index (κ2) is 32.7. The molecule has 4 atom stereocenters. The summed E-state index contributed by atoms with van der Waals surface area (Å²) < 4.78 is 10.2. The summed E-state index contributed by atoms with van der Waals surface area (Å²) in [6.07, 6.45) is 2.93. The van der Waals surface area contributed by atoms with Gasteiger partial charge in [-0.2, -0.15) is 0 Å². The molecule has 0 saturated carbocycles. The van der Waals surface area contributed by atoms with Crippen LogP contribution in [0.25, 0.3) is 0 Å². The third-order valence-electron chi connectivity index (χ3n) is 13.0. The van der Waals surface area contributed by atoms with Gasteiger partial charge in [-0.15, -0.1) is 0 Å². The Bertz CT molecular complexity index is 2450. The number of nitrogens with zero attached hydrogens (tertiary/aromatic N) is 4. The van der Waals surface area contributed by atoms with E-state index in [9.17, 15) is 19.2 Å². The number of likely N-dealkylation sites (tertiary alicyclic amines) is 2. The molecule has 373 valence electrons. The van der Waals surface area contributed by atoms with Crippen LogP contribution in [0.15, 0.2) is 182 Å². The minimum absolute atomic E-state index is 0. The number of amides is 2. The van der Waals surface area contributed by atoms with E-state index in [1.54, 1.807) is 9.80 Å². The number of hydrogen-bond acceptors (Lipinski definition) is 10. The normalized spacial score (nSPS) is 16.5. The third-order valence-corrected chi connectivity index (χ3v) is 13.0. The standard InChI is InChI=1S/C29H32N2O3.C28H30N2O3.CN.CH4O.B.Na/c1-30(19-18-22-12-6-3-7-13-22)25-20-26(29(33)34-2)31(21-25)28(32)27(23-14-8-4-9-15-23)24-16-10-5-11-17-24;1-33-28(32)25-19-24(29-18-17-21-11-5-2-6-12-21)20-30(25)27(31)26(22-13-7-3-8-14-22)23-15-9-4-10-16-23;2*1-2;;/h3-17,25-27H,18-21H2,1-2H3;2-16,24-26,29H,17-20H2,1H3;;2H,1H3;;/q;;-1;;;+1/t25-,26-;24-,25-;;;;/m00..../s1. The van der Waals surface area contributed by atoms with Crippen molar-refractivity contribution in [3.05, 3.63) is 222 Å². The van der Waals surface area contributed by atoms with Gasteiger partial charge in [0.1, 0.15) is 12.1 Å². The topological polar surface area (TPSA) is 153 Å². The van der Waals surface area contributed by atoms with Gasteiger partial charge in [0.2, 0.25) is 11.8 Å². The molecule has 2 saturated heterocycles. The van der Waals surface area contributed by atoms with Crippen LogP contribution in [-0.2, 0) is 41.5 Å². The molecule has 6 aromatic rings. The molecule has 0 aliphatic carbocycles. The van der Waals surface area contributed by atoms with E-state index < -0.39 is 23.9 Å². The summed E-state index contributed by atoms with van der Waals surface area (Å²) >= 11 is 0. The summed E-state index contributed by atoms with van der Waals surface area (Å²) in [6.45, 7) is 7.36. The molecular weight excluding hydrogens is 924 g/mol. The van der Waals surface area contributed by atoms with E-state index in [0.717, 1.165) is 55.3 Å². The summed E-state index contributed by atoms with van der Waals surface area (Å²) in [5.41, 5.74) is 6.20. The van der Waals surface area contributed by atoms with Crippen LogP contribution in [0.3, 0.4) is 0 Å². The summed E-state index contributed by atoms with van der Waals surface area (Å²) in [5.74, 6) is -1.80. The van der Waals surface area contributed by atoms with Crippen LogP contribution in [-0.4, -0.2) is 131 Å². The zero-order valence-electron chi connectivity index (χ0n) is 42.7. The van der Waals surface area contributed by atoms with Crippen molar-refractivity contribution >= 4 is 32.2 Å². The number of rotatable bonds is 16. The molecule has 73 heavy (non-hydrogen) atoms. The van der Waals surface area contributed by atoms with Gasteiger partial charge in [0, 0.05) is 47.2 Å². The quantitative estimate of drug-likeness (QED) is 0.0819. The van der Waals surface area contributed by atoms with Gasteiger partial charge in [0.05, 0.1) is 26.1 Å². The molecule has 14 heteroatoms. The molecule has 0 unspecified atom stereocenters. The Morgan fingerprint density at radius 2 is 0.904 bits per heavy atom. The first-order valence-corrected chi connectivity index (χ1v) is 23.9. The van der Waals surface area contributed by atoms with Crippen molar-refractivity contribution < 1.29 is 63.3 Å².